The summed E-state index contributed by atoms with van der Waals surface area (Å²) in [6, 6.07) is 2.25. The van der Waals surface area contributed by atoms with Gasteiger partial charge in [-0.3, -0.25) is 0 Å². The first-order chi connectivity index (χ1) is 7.09. The smallest absolute Gasteiger partial charge is 0.0573 e. The number of nitrogens with two attached hydrogens (primary N) is 1. The second kappa shape index (κ2) is 4.08. The van der Waals surface area contributed by atoms with Crippen LogP contribution in [-0.4, -0.2) is 0 Å². The molecule has 2 aromatic heterocycles. The van der Waals surface area contributed by atoms with Gasteiger partial charge in [-0.05, 0) is 54.3 Å². The molecule has 0 aliphatic rings. The summed E-state index contributed by atoms with van der Waals surface area (Å²) < 4.78 is 0. The zero-order valence-corrected chi connectivity index (χ0v) is 10.8. The molecule has 15 heavy (non-hydrogen) atoms. The monoisotopic (exact) mass is 237 g/mol. The van der Waals surface area contributed by atoms with Gasteiger partial charge in [0, 0.05) is 9.75 Å². The molecule has 2 heterocycles. The Balaban J connectivity index is 2.40. The van der Waals surface area contributed by atoms with Crippen LogP contribution in [0.3, 0.4) is 0 Å². The van der Waals surface area contributed by atoms with Crippen molar-refractivity contribution in [1.82, 2.24) is 0 Å². The standard InChI is InChI=1S/C12H15NS2/c1-7-5-14-6-11(7)12(13)10-4-8(2)15-9(10)3/h4-6,12H,13H2,1-3H3. The average molecular weight is 237 g/mol. The highest BCUT2D eigenvalue weighted by Gasteiger charge is 2.15. The molecular weight excluding hydrogens is 222 g/mol. The van der Waals surface area contributed by atoms with Gasteiger partial charge < -0.3 is 5.73 Å². The quantitative estimate of drug-likeness (QED) is 0.845. The van der Waals surface area contributed by atoms with Gasteiger partial charge in [0.15, 0.2) is 0 Å². The Hall–Kier alpha value is -0.640. The van der Waals surface area contributed by atoms with Crippen molar-refractivity contribution in [1.29, 1.82) is 0 Å². The van der Waals surface area contributed by atoms with Crippen molar-refractivity contribution in [3.05, 3.63) is 43.3 Å². The van der Waals surface area contributed by atoms with Crippen molar-refractivity contribution in [2.24, 2.45) is 5.73 Å². The molecule has 2 rings (SSSR count). The Labute approximate surface area is 98.6 Å². The third-order valence-corrected chi connectivity index (χ3v) is 4.51. The lowest BCUT2D eigenvalue weighted by atomic mass is 10.00. The number of rotatable bonds is 2. The lowest BCUT2D eigenvalue weighted by Gasteiger charge is -2.11. The molecule has 1 atom stereocenters. The largest absolute Gasteiger partial charge is 0.320 e. The first-order valence-corrected chi connectivity index (χ1v) is 6.70. The topological polar surface area (TPSA) is 26.0 Å². The molecule has 0 amide bonds. The van der Waals surface area contributed by atoms with Gasteiger partial charge in [0.2, 0.25) is 0 Å². The van der Waals surface area contributed by atoms with Crippen LogP contribution in [-0.2, 0) is 0 Å². The summed E-state index contributed by atoms with van der Waals surface area (Å²) in [5.74, 6) is 0. The first kappa shape index (κ1) is 10.9. The van der Waals surface area contributed by atoms with E-state index in [4.69, 9.17) is 5.73 Å². The van der Waals surface area contributed by atoms with Crippen molar-refractivity contribution in [2.45, 2.75) is 26.8 Å². The van der Waals surface area contributed by atoms with Gasteiger partial charge in [-0.2, -0.15) is 11.3 Å². The minimum atomic E-state index is 0.0428. The van der Waals surface area contributed by atoms with E-state index < -0.39 is 0 Å². The molecule has 1 unspecified atom stereocenters. The fourth-order valence-electron chi connectivity index (χ4n) is 1.82. The number of hydrogen-bond donors (Lipinski definition) is 1. The van der Waals surface area contributed by atoms with Crippen LogP contribution < -0.4 is 5.73 Å². The van der Waals surface area contributed by atoms with Gasteiger partial charge in [-0.15, -0.1) is 11.3 Å². The molecule has 1 nitrogen and oxygen atoms in total. The van der Waals surface area contributed by atoms with E-state index in [-0.39, 0.29) is 6.04 Å². The summed E-state index contributed by atoms with van der Waals surface area (Å²) in [6.45, 7) is 6.41. The summed E-state index contributed by atoms with van der Waals surface area (Å²) in [4.78, 5) is 2.68. The van der Waals surface area contributed by atoms with Gasteiger partial charge in [0.25, 0.3) is 0 Å². The van der Waals surface area contributed by atoms with E-state index in [1.54, 1.807) is 11.3 Å². The van der Waals surface area contributed by atoms with E-state index >= 15 is 0 Å². The van der Waals surface area contributed by atoms with E-state index in [0.717, 1.165) is 0 Å². The molecule has 3 heteroatoms. The second-order valence-electron chi connectivity index (χ2n) is 3.86. The van der Waals surface area contributed by atoms with Crippen molar-refractivity contribution >= 4 is 22.7 Å². The molecule has 0 aromatic carbocycles. The molecule has 80 valence electrons. The van der Waals surface area contributed by atoms with Crippen LogP contribution in [0.2, 0.25) is 0 Å². The first-order valence-electron chi connectivity index (χ1n) is 4.95. The van der Waals surface area contributed by atoms with Gasteiger partial charge in [-0.1, -0.05) is 0 Å². The van der Waals surface area contributed by atoms with Crippen molar-refractivity contribution < 1.29 is 0 Å². The van der Waals surface area contributed by atoms with Crippen LogP contribution in [0.25, 0.3) is 0 Å². The molecular formula is C12H15NS2. The maximum Gasteiger partial charge on any atom is 0.0573 e. The summed E-state index contributed by atoms with van der Waals surface area (Å²) in [5, 5.41) is 4.32. The molecule has 2 N–H and O–H groups in total. The van der Waals surface area contributed by atoms with E-state index in [1.165, 1.54) is 26.4 Å². The van der Waals surface area contributed by atoms with E-state index in [2.05, 4.69) is 37.6 Å². The predicted octanol–water partition coefficient (Wildman–Crippen LogP) is 3.78. The van der Waals surface area contributed by atoms with Crippen LogP contribution in [0, 0.1) is 20.8 Å². The minimum absolute atomic E-state index is 0.0428. The van der Waals surface area contributed by atoms with Crippen LogP contribution in [0.4, 0.5) is 0 Å². The number of hydrogen-bond acceptors (Lipinski definition) is 3. The van der Waals surface area contributed by atoms with Crippen molar-refractivity contribution in [3.8, 4) is 0 Å². The Morgan fingerprint density at radius 3 is 2.33 bits per heavy atom. The summed E-state index contributed by atoms with van der Waals surface area (Å²) >= 11 is 3.55. The summed E-state index contributed by atoms with van der Waals surface area (Å²) in [6.07, 6.45) is 0. The molecule has 2 aromatic rings. The molecule has 0 spiro atoms. The Morgan fingerprint density at radius 1 is 1.13 bits per heavy atom. The number of thiophene rings is 2. The third kappa shape index (κ3) is 2.00. The molecule has 0 fully saturated rings. The zero-order chi connectivity index (χ0) is 11.0. The Morgan fingerprint density at radius 2 is 1.87 bits per heavy atom. The molecule has 0 aliphatic heterocycles. The molecule has 0 aliphatic carbocycles. The summed E-state index contributed by atoms with van der Waals surface area (Å²) in [7, 11) is 0. The molecule has 0 radical (unpaired) electrons. The molecule has 0 saturated heterocycles. The van der Waals surface area contributed by atoms with Crippen LogP contribution in [0.15, 0.2) is 16.8 Å². The van der Waals surface area contributed by atoms with Gasteiger partial charge in [-0.25, -0.2) is 0 Å². The van der Waals surface area contributed by atoms with Gasteiger partial charge in [0.1, 0.15) is 0 Å². The SMILES string of the molecule is Cc1cc(C(N)c2cscc2C)c(C)s1. The summed E-state index contributed by atoms with van der Waals surface area (Å²) in [5.41, 5.74) is 10.1. The van der Waals surface area contributed by atoms with E-state index in [9.17, 15) is 0 Å². The number of aryl methyl sites for hydroxylation is 3. The second-order valence-corrected chi connectivity index (χ2v) is 6.06. The molecule has 0 saturated carbocycles. The van der Waals surface area contributed by atoms with Gasteiger partial charge in [0.05, 0.1) is 6.04 Å². The fraction of sp³-hybridized carbons (Fsp3) is 0.333. The van der Waals surface area contributed by atoms with E-state index in [1.807, 2.05) is 11.3 Å². The van der Waals surface area contributed by atoms with Crippen LogP contribution in [0.5, 0.6) is 0 Å². The minimum Gasteiger partial charge on any atom is -0.320 e. The van der Waals surface area contributed by atoms with Crippen LogP contribution in [0.1, 0.15) is 32.5 Å². The van der Waals surface area contributed by atoms with Gasteiger partial charge >= 0.3 is 0 Å². The van der Waals surface area contributed by atoms with Crippen molar-refractivity contribution in [3.63, 3.8) is 0 Å². The lowest BCUT2D eigenvalue weighted by molar-refractivity contribution is 0.865. The third-order valence-electron chi connectivity index (χ3n) is 2.64. The highest BCUT2D eigenvalue weighted by molar-refractivity contribution is 7.12. The Bertz CT molecular complexity index is 468. The fourth-order valence-corrected chi connectivity index (χ4v) is 3.68. The lowest BCUT2D eigenvalue weighted by Crippen LogP contribution is -2.12. The van der Waals surface area contributed by atoms with E-state index in [0.29, 0.717) is 0 Å². The maximum absolute atomic E-state index is 6.29. The highest BCUT2D eigenvalue weighted by Crippen LogP contribution is 2.31. The Kier molecular flexibility index (Phi) is 2.96. The highest BCUT2D eigenvalue weighted by atomic mass is 32.1. The average Bonchev–Trinajstić information content (AvgIpc) is 2.71. The van der Waals surface area contributed by atoms with Crippen molar-refractivity contribution in [2.75, 3.05) is 0 Å². The maximum atomic E-state index is 6.29. The normalized spacial score (nSPS) is 13.1. The zero-order valence-electron chi connectivity index (χ0n) is 9.20. The van der Waals surface area contributed by atoms with Crippen LogP contribution >= 0.6 is 22.7 Å². The predicted molar refractivity (Wildman–Crippen MR) is 68.9 cm³/mol. The molecule has 0 bridgehead atoms.